The molecule has 1 atom stereocenters. The molecule has 2 aromatic heterocycles. The molecule has 3 aromatic carbocycles. The number of aromatic amines is 1. The van der Waals surface area contributed by atoms with E-state index in [1.54, 1.807) is 59.2 Å². The molecule has 11 nitrogen and oxygen atoms in total. The molecule has 0 saturated carbocycles. The summed E-state index contributed by atoms with van der Waals surface area (Å²) in [5, 5.41) is 6.64. The van der Waals surface area contributed by atoms with Crippen LogP contribution in [-0.2, 0) is 20.9 Å². The van der Waals surface area contributed by atoms with Gasteiger partial charge in [-0.1, -0.05) is 18.2 Å². The monoisotopic (exact) mass is 809 g/mol. The van der Waals surface area contributed by atoms with E-state index in [2.05, 4.69) is 15.4 Å². The minimum absolute atomic E-state index is 0.0359. The van der Waals surface area contributed by atoms with E-state index >= 15 is 17.6 Å². The number of carbonyl (C=O) groups excluding carboxylic acids is 4. The van der Waals surface area contributed by atoms with E-state index in [4.69, 9.17) is 0 Å². The summed E-state index contributed by atoms with van der Waals surface area (Å²) in [5.74, 6) is -5.52. The summed E-state index contributed by atoms with van der Waals surface area (Å²) in [6.07, 6.45) is 7.30. The summed E-state index contributed by atoms with van der Waals surface area (Å²) in [7, 11) is 3.10. The number of aryl methyl sites for hydroxylation is 1. The average molecular weight is 810 g/mol. The minimum Gasteiger partial charge on any atom is -0.369 e. The van der Waals surface area contributed by atoms with Crippen LogP contribution in [0.15, 0.2) is 67.0 Å². The summed E-state index contributed by atoms with van der Waals surface area (Å²) in [4.78, 5) is 57.7. The van der Waals surface area contributed by atoms with Crippen molar-refractivity contribution in [1.29, 1.82) is 0 Å². The molecule has 4 amide bonds. The molecule has 2 fully saturated rings. The average Bonchev–Trinajstić information content (AvgIpc) is 3.93. The van der Waals surface area contributed by atoms with Crippen molar-refractivity contribution >= 4 is 45.8 Å². The zero-order valence-corrected chi connectivity index (χ0v) is 32.7. The maximum atomic E-state index is 16.6. The topological polar surface area (TPSA) is 124 Å². The molecule has 1 unspecified atom stereocenters. The van der Waals surface area contributed by atoms with E-state index in [-0.39, 0.29) is 76.1 Å². The third-order valence-corrected chi connectivity index (χ3v) is 11.7. The molecule has 0 aliphatic carbocycles. The number of nitrogens with zero attached hydrogens (tertiary/aromatic N) is 5. The van der Waals surface area contributed by atoms with Gasteiger partial charge in [-0.05, 0) is 90.3 Å². The first-order chi connectivity index (χ1) is 28.4. The Bertz CT molecular complexity index is 2510. The fourth-order valence-corrected chi connectivity index (χ4v) is 8.55. The first-order valence-electron chi connectivity index (χ1n) is 19.8. The number of fused-ring (bicyclic) bond motifs is 1. The molecule has 8 rings (SSSR count). The van der Waals surface area contributed by atoms with E-state index in [1.165, 1.54) is 35.2 Å². The van der Waals surface area contributed by atoms with Crippen LogP contribution in [0, 0.1) is 23.3 Å². The first kappa shape index (κ1) is 39.6. The molecule has 0 bridgehead atoms. The van der Waals surface area contributed by atoms with Gasteiger partial charge in [-0.15, -0.1) is 0 Å². The number of benzene rings is 3. The standard InChI is InChI=1S/C44H43F4N7O4/c1-52(2)44(59)35-23-33-32(22-31(40(47)42(33)50-35)27-5-3-16-54(24-27)38(57)14-20-55-17-4-15-49-55)30-8-10-36(41(48)39(30)46)53-18-12-25(13-19-53)28-7-6-26(21-34(28)45)29-9-11-37(56)51-43(29)58/h4-8,10,15,17,21-23,25,29,50H,3,9,11-14,16,18-20,24H2,1-2H3,(H,51,56,58). The fraction of sp³-hybridized carbons (Fsp3) is 0.341. The van der Waals surface area contributed by atoms with Crippen molar-refractivity contribution in [3.8, 4) is 11.1 Å². The van der Waals surface area contributed by atoms with Crippen molar-refractivity contribution in [2.45, 2.75) is 56.9 Å². The highest BCUT2D eigenvalue weighted by Crippen LogP contribution is 2.41. The van der Waals surface area contributed by atoms with Gasteiger partial charge < -0.3 is 19.7 Å². The van der Waals surface area contributed by atoms with Gasteiger partial charge in [0.2, 0.25) is 17.7 Å². The summed E-state index contributed by atoms with van der Waals surface area (Å²) in [6.45, 7) is 1.56. The van der Waals surface area contributed by atoms with Crippen LogP contribution in [0.2, 0.25) is 0 Å². The second kappa shape index (κ2) is 16.2. The number of imide groups is 1. The highest BCUT2D eigenvalue weighted by Gasteiger charge is 2.32. The lowest BCUT2D eigenvalue weighted by Gasteiger charge is -2.34. The molecule has 59 heavy (non-hydrogen) atoms. The van der Waals surface area contributed by atoms with Gasteiger partial charge in [-0.25, -0.2) is 17.6 Å². The fourth-order valence-electron chi connectivity index (χ4n) is 8.55. The van der Waals surface area contributed by atoms with Crippen LogP contribution < -0.4 is 10.2 Å². The van der Waals surface area contributed by atoms with E-state index in [1.807, 2.05) is 6.08 Å². The SMILES string of the molecule is CN(C)C(=O)c1cc2c(-c3ccc(N4CCC(c5ccc(C6CCC(=O)NC6=O)cc5F)CC4)c(F)c3F)cc(C3=CCCN(C(=O)CCn4cccn4)C3)c(F)c2[nH]1. The molecular weight excluding hydrogens is 767 g/mol. The lowest BCUT2D eigenvalue weighted by atomic mass is 9.85. The normalized spacial score (nSPS) is 17.7. The number of hydrogen-bond acceptors (Lipinski definition) is 6. The molecule has 3 aliphatic heterocycles. The highest BCUT2D eigenvalue weighted by atomic mass is 19.2. The van der Waals surface area contributed by atoms with Gasteiger partial charge in [0.1, 0.15) is 11.5 Å². The van der Waals surface area contributed by atoms with Gasteiger partial charge in [-0.3, -0.25) is 29.2 Å². The molecule has 2 N–H and O–H groups in total. The molecule has 0 radical (unpaired) electrons. The van der Waals surface area contributed by atoms with Crippen LogP contribution in [0.4, 0.5) is 23.2 Å². The van der Waals surface area contributed by atoms with Crippen LogP contribution in [-0.4, -0.2) is 88.5 Å². The maximum absolute atomic E-state index is 16.6. The van der Waals surface area contributed by atoms with Crippen molar-refractivity contribution in [2.24, 2.45) is 0 Å². The quantitative estimate of drug-likeness (QED) is 0.123. The van der Waals surface area contributed by atoms with Crippen molar-refractivity contribution < 1.29 is 36.7 Å². The minimum atomic E-state index is -1.15. The van der Waals surface area contributed by atoms with E-state index < -0.39 is 41.0 Å². The number of piperidine rings is 2. The Balaban J connectivity index is 1.05. The van der Waals surface area contributed by atoms with Crippen molar-refractivity contribution in [3.63, 3.8) is 0 Å². The summed E-state index contributed by atoms with van der Waals surface area (Å²) in [5.41, 5.74) is 1.69. The number of nitrogens with one attached hydrogen (secondary N) is 2. The Labute approximate surface area is 337 Å². The van der Waals surface area contributed by atoms with Crippen LogP contribution in [0.1, 0.15) is 77.5 Å². The molecular formula is C44H43F4N7O4. The summed E-state index contributed by atoms with van der Waals surface area (Å²) < 4.78 is 66.4. The molecule has 3 aliphatic rings. The molecule has 5 heterocycles. The Kier molecular flexibility index (Phi) is 10.9. The number of aromatic nitrogens is 3. The number of hydrogen-bond donors (Lipinski definition) is 2. The Morgan fingerprint density at radius 1 is 0.898 bits per heavy atom. The number of halogens is 4. The Hall–Kier alpha value is -6.25. The van der Waals surface area contributed by atoms with E-state index in [9.17, 15) is 19.2 Å². The van der Waals surface area contributed by atoms with Gasteiger partial charge in [0, 0.05) is 88.6 Å². The number of carbonyl (C=O) groups is 4. The van der Waals surface area contributed by atoms with E-state index in [0.717, 1.165) is 0 Å². The lowest BCUT2D eigenvalue weighted by Crippen LogP contribution is -2.39. The number of H-pyrrole nitrogens is 1. The first-order valence-corrected chi connectivity index (χ1v) is 19.8. The second-order valence-corrected chi connectivity index (χ2v) is 15.6. The number of amides is 4. The predicted octanol–water partition coefficient (Wildman–Crippen LogP) is 6.90. The van der Waals surface area contributed by atoms with Crippen LogP contribution in [0.3, 0.4) is 0 Å². The van der Waals surface area contributed by atoms with Crippen molar-refractivity contribution in [2.75, 3.05) is 45.2 Å². The van der Waals surface area contributed by atoms with Crippen molar-refractivity contribution in [3.05, 3.63) is 113 Å². The Morgan fingerprint density at radius 3 is 2.41 bits per heavy atom. The van der Waals surface area contributed by atoms with E-state index in [0.29, 0.717) is 68.6 Å². The Morgan fingerprint density at radius 2 is 1.69 bits per heavy atom. The predicted molar refractivity (Wildman–Crippen MR) is 213 cm³/mol. The number of rotatable bonds is 9. The van der Waals surface area contributed by atoms with Crippen LogP contribution in [0.5, 0.6) is 0 Å². The zero-order valence-electron chi connectivity index (χ0n) is 32.7. The molecule has 15 heteroatoms. The molecule has 5 aromatic rings. The smallest absolute Gasteiger partial charge is 0.269 e. The van der Waals surface area contributed by atoms with Gasteiger partial charge in [-0.2, -0.15) is 5.10 Å². The lowest BCUT2D eigenvalue weighted by molar-refractivity contribution is -0.134. The molecule has 0 spiro atoms. The van der Waals surface area contributed by atoms with Gasteiger partial charge in [0.15, 0.2) is 17.5 Å². The van der Waals surface area contributed by atoms with Gasteiger partial charge >= 0.3 is 0 Å². The molecule has 2 saturated heterocycles. The van der Waals surface area contributed by atoms with Crippen LogP contribution >= 0.6 is 0 Å². The maximum Gasteiger partial charge on any atom is 0.269 e. The third-order valence-electron chi connectivity index (χ3n) is 11.7. The van der Waals surface area contributed by atoms with Gasteiger partial charge in [0.05, 0.1) is 17.1 Å². The second-order valence-electron chi connectivity index (χ2n) is 15.6. The van der Waals surface area contributed by atoms with Crippen molar-refractivity contribution in [1.82, 2.24) is 29.9 Å². The van der Waals surface area contributed by atoms with Gasteiger partial charge in [0.25, 0.3) is 5.91 Å². The number of anilines is 1. The highest BCUT2D eigenvalue weighted by molar-refractivity contribution is 6.05. The molecule has 306 valence electrons. The van der Waals surface area contributed by atoms with Crippen LogP contribution in [0.25, 0.3) is 27.6 Å². The largest absolute Gasteiger partial charge is 0.369 e. The summed E-state index contributed by atoms with van der Waals surface area (Å²) >= 11 is 0. The third kappa shape index (κ3) is 7.73. The summed E-state index contributed by atoms with van der Waals surface area (Å²) in [6, 6.07) is 12.3. The zero-order chi connectivity index (χ0) is 41.5.